The van der Waals surface area contributed by atoms with Crippen molar-refractivity contribution in [2.45, 2.75) is 37.0 Å². The molecule has 1 amide bonds. The Morgan fingerprint density at radius 2 is 2.05 bits per heavy atom. The zero-order chi connectivity index (χ0) is 14.5. The summed E-state index contributed by atoms with van der Waals surface area (Å²) in [6.45, 7) is 0. The third-order valence-corrected chi connectivity index (χ3v) is 5.51. The average molecular weight is 358 g/mol. The molecule has 1 aromatic rings. The van der Waals surface area contributed by atoms with E-state index in [1.807, 2.05) is 23.9 Å². The molecule has 0 heterocycles. The predicted octanol–water partition coefficient (Wildman–Crippen LogP) is 3.86. The molecule has 0 aliphatic heterocycles. The lowest BCUT2D eigenvalue weighted by atomic mass is 9.94. The van der Waals surface area contributed by atoms with Crippen LogP contribution in [-0.4, -0.2) is 30.6 Å². The monoisotopic (exact) mass is 357 g/mol. The zero-order valence-electron chi connectivity index (χ0n) is 11.8. The third kappa shape index (κ3) is 3.92. The number of methoxy groups -OCH3 is 1. The fourth-order valence-corrected chi connectivity index (χ4v) is 3.80. The molecule has 0 unspecified atom stereocenters. The number of hydrogen-bond donors (Lipinski definition) is 1. The van der Waals surface area contributed by atoms with Gasteiger partial charge in [0.25, 0.3) is 5.91 Å². The maximum absolute atomic E-state index is 12.2. The topological polar surface area (TPSA) is 38.3 Å². The van der Waals surface area contributed by atoms with Crippen LogP contribution in [0.4, 0.5) is 0 Å². The first kappa shape index (κ1) is 15.7. The fourth-order valence-electron chi connectivity index (χ4n) is 2.52. The number of halogens is 1. The van der Waals surface area contributed by atoms with Crippen LogP contribution in [0.5, 0.6) is 5.75 Å². The van der Waals surface area contributed by atoms with Gasteiger partial charge >= 0.3 is 0 Å². The third-order valence-electron chi connectivity index (χ3n) is 3.76. The first-order valence-electron chi connectivity index (χ1n) is 6.81. The van der Waals surface area contributed by atoms with Gasteiger partial charge in [-0.15, -0.1) is 0 Å². The lowest BCUT2D eigenvalue weighted by Gasteiger charge is -2.28. The van der Waals surface area contributed by atoms with Gasteiger partial charge in [-0.05, 0) is 66.1 Å². The highest BCUT2D eigenvalue weighted by molar-refractivity contribution is 9.10. The van der Waals surface area contributed by atoms with Crippen molar-refractivity contribution in [3.63, 3.8) is 0 Å². The second-order valence-electron chi connectivity index (χ2n) is 5.03. The summed E-state index contributed by atoms with van der Waals surface area (Å²) in [4.78, 5) is 12.2. The molecular formula is C15H20BrNO2S. The van der Waals surface area contributed by atoms with Crippen molar-refractivity contribution < 1.29 is 9.53 Å². The second-order valence-corrected chi connectivity index (χ2v) is 7.02. The van der Waals surface area contributed by atoms with Crippen LogP contribution >= 0.6 is 27.7 Å². The minimum Gasteiger partial charge on any atom is -0.496 e. The quantitative estimate of drug-likeness (QED) is 0.888. The molecule has 3 nitrogen and oxygen atoms in total. The first-order valence-corrected chi connectivity index (χ1v) is 8.89. The van der Waals surface area contributed by atoms with E-state index < -0.39 is 0 Å². The largest absolute Gasteiger partial charge is 0.496 e. The molecule has 0 radical (unpaired) electrons. The van der Waals surface area contributed by atoms with E-state index in [1.54, 1.807) is 13.2 Å². The lowest BCUT2D eigenvalue weighted by Crippen LogP contribution is -2.38. The standard InChI is InChI=1S/C15H20BrNO2S/c1-19-14-8-3-10(9-13(14)16)15(18)17-11-4-6-12(20-2)7-5-11/h3,8-9,11-12H,4-7H2,1-2H3,(H,17,18). The highest BCUT2D eigenvalue weighted by Crippen LogP contribution is 2.28. The van der Waals surface area contributed by atoms with Crippen LogP contribution in [0.1, 0.15) is 36.0 Å². The second kappa shape index (κ2) is 7.36. The van der Waals surface area contributed by atoms with Crippen LogP contribution in [0, 0.1) is 0 Å². The lowest BCUT2D eigenvalue weighted by molar-refractivity contribution is 0.0928. The summed E-state index contributed by atoms with van der Waals surface area (Å²) in [7, 11) is 1.62. The molecule has 1 aliphatic carbocycles. The number of thioether (sulfide) groups is 1. The van der Waals surface area contributed by atoms with Crippen molar-refractivity contribution in [2.24, 2.45) is 0 Å². The van der Waals surface area contributed by atoms with Gasteiger partial charge in [0.1, 0.15) is 5.75 Å². The Morgan fingerprint density at radius 3 is 2.60 bits per heavy atom. The molecule has 20 heavy (non-hydrogen) atoms. The van der Waals surface area contributed by atoms with Crippen LogP contribution < -0.4 is 10.1 Å². The van der Waals surface area contributed by atoms with Crippen molar-refractivity contribution in [3.05, 3.63) is 28.2 Å². The van der Waals surface area contributed by atoms with E-state index in [4.69, 9.17) is 4.74 Å². The molecule has 5 heteroatoms. The van der Waals surface area contributed by atoms with E-state index in [-0.39, 0.29) is 5.91 Å². The van der Waals surface area contributed by atoms with Gasteiger partial charge in [-0.2, -0.15) is 11.8 Å². The molecule has 1 N–H and O–H groups in total. The molecule has 0 spiro atoms. The molecule has 0 aromatic heterocycles. The summed E-state index contributed by atoms with van der Waals surface area (Å²) in [5.41, 5.74) is 0.671. The number of carbonyl (C=O) groups is 1. The maximum Gasteiger partial charge on any atom is 0.251 e. The van der Waals surface area contributed by atoms with Crippen LogP contribution in [0.15, 0.2) is 22.7 Å². The molecule has 0 atom stereocenters. The highest BCUT2D eigenvalue weighted by Gasteiger charge is 2.22. The first-order chi connectivity index (χ1) is 9.63. The van der Waals surface area contributed by atoms with Crippen LogP contribution in [-0.2, 0) is 0 Å². The molecular weight excluding hydrogens is 338 g/mol. The number of nitrogens with one attached hydrogen (secondary N) is 1. The molecule has 1 fully saturated rings. The average Bonchev–Trinajstić information content (AvgIpc) is 2.48. The van der Waals surface area contributed by atoms with Crippen molar-refractivity contribution in [1.82, 2.24) is 5.32 Å². The van der Waals surface area contributed by atoms with Gasteiger partial charge in [-0.1, -0.05) is 0 Å². The summed E-state index contributed by atoms with van der Waals surface area (Å²) in [6, 6.07) is 5.73. The van der Waals surface area contributed by atoms with Crippen molar-refractivity contribution in [3.8, 4) is 5.75 Å². The van der Waals surface area contributed by atoms with Crippen LogP contribution in [0.25, 0.3) is 0 Å². The fraction of sp³-hybridized carbons (Fsp3) is 0.533. The number of benzene rings is 1. The number of rotatable bonds is 4. The number of carbonyl (C=O) groups excluding carboxylic acids is 1. The minimum atomic E-state index is 0.000884. The predicted molar refractivity (Wildman–Crippen MR) is 87.7 cm³/mol. The molecule has 1 aliphatic rings. The summed E-state index contributed by atoms with van der Waals surface area (Å²) < 4.78 is 5.98. The van der Waals surface area contributed by atoms with Crippen molar-refractivity contribution in [1.29, 1.82) is 0 Å². The Hall–Kier alpha value is -0.680. The minimum absolute atomic E-state index is 0.000884. The van der Waals surface area contributed by atoms with E-state index >= 15 is 0 Å². The van der Waals surface area contributed by atoms with Crippen LogP contribution in [0.2, 0.25) is 0 Å². The van der Waals surface area contributed by atoms with Gasteiger partial charge < -0.3 is 10.1 Å². The Balaban J connectivity index is 1.93. The molecule has 2 rings (SSSR count). The van der Waals surface area contributed by atoms with E-state index in [0.717, 1.165) is 28.3 Å². The summed E-state index contributed by atoms with van der Waals surface area (Å²) in [5.74, 6) is 0.739. The van der Waals surface area contributed by atoms with Crippen LogP contribution in [0.3, 0.4) is 0 Å². The summed E-state index contributed by atoms with van der Waals surface area (Å²) >= 11 is 5.35. The molecule has 0 bridgehead atoms. The van der Waals surface area contributed by atoms with Gasteiger partial charge in [0, 0.05) is 16.9 Å². The summed E-state index contributed by atoms with van der Waals surface area (Å²) in [6.07, 6.45) is 6.71. The molecule has 0 saturated heterocycles. The number of amides is 1. The smallest absolute Gasteiger partial charge is 0.251 e. The number of hydrogen-bond acceptors (Lipinski definition) is 3. The SMILES string of the molecule is COc1ccc(C(=O)NC2CCC(SC)CC2)cc1Br. The Morgan fingerprint density at radius 1 is 1.35 bits per heavy atom. The van der Waals surface area contributed by atoms with Gasteiger partial charge in [-0.3, -0.25) is 4.79 Å². The van der Waals surface area contributed by atoms with Crippen molar-refractivity contribution >= 4 is 33.6 Å². The number of ether oxygens (including phenoxy) is 1. The van der Waals surface area contributed by atoms with Gasteiger partial charge in [0.2, 0.25) is 0 Å². The molecule has 1 aromatic carbocycles. The Labute approximate surface area is 133 Å². The van der Waals surface area contributed by atoms with Gasteiger partial charge in [0.05, 0.1) is 11.6 Å². The highest BCUT2D eigenvalue weighted by atomic mass is 79.9. The molecule has 1 saturated carbocycles. The van der Waals surface area contributed by atoms with Crippen molar-refractivity contribution in [2.75, 3.05) is 13.4 Å². The normalized spacial score (nSPS) is 22.4. The van der Waals surface area contributed by atoms with E-state index in [0.29, 0.717) is 11.6 Å². The Bertz CT molecular complexity index is 473. The van der Waals surface area contributed by atoms with E-state index in [2.05, 4.69) is 27.5 Å². The Kier molecular flexibility index (Phi) is 5.78. The van der Waals surface area contributed by atoms with Gasteiger partial charge in [0.15, 0.2) is 0 Å². The maximum atomic E-state index is 12.2. The summed E-state index contributed by atoms with van der Waals surface area (Å²) in [5, 5.41) is 3.90. The zero-order valence-corrected chi connectivity index (χ0v) is 14.2. The van der Waals surface area contributed by atoms with E-state index in [1.165, 1.54) is 12.8 Å². The molecule has 110 valence electrons. The van der Waals surface area contributed by atoms with Gasteiger partial charge in [-0.25, -0.2) is 0 Å². The van der Waals surface area contributed by atoms with E-state index in [9.17, 15) is 4.79 Å².